The first-order valence-electron chi connectivity index (χ1n) is 9.67. The van der Waals surface area contributed by atoms with E-state index in [0.717, 1.165) is 42.9 Å². The number of nitrogens with zero attached hydrogens (tertiary/aromatic N) is 6. The molecule has 0 N–H and O–H groups in total. The number of aromatic nitrogens is 4. The quantitative estimate of drug-likeness (QED) is 0.642. The first kappa shape index (κ1) is 18.4. The predicted molar refractivity (Wildman–Crippen MR) is 105 cm³/mol. The second-order valence-corrected chi connectivity index (χ2v) is 9.57. The Bertz CT molecular complexity index is 1170. The largest absolute Gasteiger partial charge is 0.355 e. The second kappa shape index (κ2) is 6.74. The smallest absolute Gasteiger partial charge is 0.243 e. The van der Waals surface area contributed by atoms with Crippen molar-refractivity contribution in [3.05, 3.63) is 48.0 Å². The molecule has 2 aliphatic rings. The summed E-state index contributed by atoms with van der Waals surface area (Å²) in [5.74, 6) is 1.57. The summed E-state index contributed by atoms with van der Waals surface area (Å²) in [5, 5.41) is 12.9. The van der Waals surface area contributed by atoms with Gasteiger partial charge in [-0.05, 0) is 42.2 Å². The fourth-order valence-corrected chi connectivity index (χ4v) is 5.91. The Balaban J connectivity index is 1.33. The van der Waals surface area contributed by atoms with Gasteiger partial charge in [-0.3, -0.25) is 0 Å². The molecule has 0 radical (unpaired) electrons. The van der Waals surface area contributed by atoms with Crippen LogP contribution in [-0.2, 0) is 16.4 Å². The molecule has 2 atom stereocenters. The average molecular weight is 416 g/mol. The molecule has 4 heterocycles. The Kier molecular flexibility index (Phi) is 4.28. The summed E-state index contributed by atoms with van der Waals surface area (Å²) < 4.78 is 42.5. The average Bonchev–Trinajstić information content (AvgIpc) is 3.40. The van der Waals surface area contributed by atoms with Crippen LogP contribution in [0.2, 0.25) is 0 Å². The number of rotatable bonds is 4. The zero-order valence-corrected chi connectivity index (χ0v) is 16.8. The van der Waals surface area contributed by atoms with E-state index in [1.807, 2.05) is 19.1 Å². The van der Waals surface area contributed by atoms with Gasteiger partial charge in [-0.1, -0.05) is 13.0 Å². The van der Waals surface area contributed by atoms with Crippen molar-refractivity contribution in [2.24, 2.45) is 11.8 Å². The molecule has 0 bridgehead atoms. The lowest BCUT2D eigenvalue weighted by molar-refractivity contribution is 0.452. The molecular weight excluding hydrogens is 395 g/mol. The highest BCUT2D eigenvalue weighted by Gasteiger charge is 2.44. The van der Waals surface area contributed by atoms with Gasteiger partial charge in [-0.25, -0.2) is 12.8 Å². The zero-order chi connectivity index (χ0) is 20.2. The van der Waals surface area contributed by atoms with Gasteiger partial charge >= 0.3 is 0 Å². The van der Waals surface area contributed by atoms with E-state index in [9.17, 15) is 12.8 Å². The van der Waals surface area contributed by atoms with Crippen LogP contribution in [0.15, 0.2) is 41.3 Å². The van der Waals surface area contributed by atoms with Crippen LogP contribution in [0.4, 0.5) is 10.2 Å². The topological polar surface area (TPSA) is 83.7 Å². The molecule has 2 aliphatic heterocycles. The number of sulfonamides is 1. The van der Waals surface area contributed by atoms with E-state index in [1.54, 1.807) is 4.52 Å². The van der Waals surface area contributed by atoms with E-state index >= 15 is 0 Å². The molecule has 2 unspecified atom stereocenters. The van der Waals surface area contributed by atoms with E-state index in [1.165, 1.54) is 22.5 Å². The summed E-state index contributed by atoms with van der Waals surface area (Å²) in [5.41, 5.74) is 0.720. The maximum atomic E-state index is 13.5. The SMILES string of the molecule is CCc1nnc2ccc(N3CC4CN(S(=O)(=O)c5cccc(F)c5)CC4C3)nn12. The first-order valence-corrected chi connectivity index (χ1v) is 11.1. The number of fused-ring (bicyclic) bond motifs is 2. The molecule has 152 valence electrons. The minimum absolute atomic E-state index is 0.0150. The minimum atomic E-state index is -3.68. The van der Waals surface area contributed by atoms with Crippen molar-refractivity contribution in [3.8, 4) is 0 Å². The van der Waals surface area contributed by atoms with Crippen molar-refractivity contribution in [3.63, 3.8) is 0 Å². The highest BCUT2D eigenvalue weighted by Crippen LogP contribution is 2.36. The van der Waals surface area contributed by atoms with Gasteiger partial charge < -0.3 is 4.90 Å². The Hall–Kier alpha value is -2.59. The Morgan fingerprint density at radius 1 is 1.07 bits per heavy atom. The first-order chi connectivity index (χ1) is 14.0. The maximum absolute atomic E-state index is 13.5. The standard InChI is InChI=1S/C19H21FN6O2S/c1-2-17-21-22-18-6-7-19(23-26(17)18)24-9-13-11-25(12-14(13)10-24)29(27,28)16-5-3-4-15(20)8-16/h3-8,13-14H,2,9-12H2,1H3. The summed E-state index contributed by atoms with van der Waals surface area (Å²) >= 11 is 0. The fraction of sp³-hybridized carbons (Fsp3) is 0.421. The molecule has 5 rings (SSSR count). The highest BCUT2D eigenvalue weighted by molar-refractivity contribution is 7.89. The molecule has 2 saturated heterocycles. The lowest BCUT2D eigenvalue weighted by atomic mass is 10.0. The molecule has 0 aliphatic carbocycles. The number of aryl methyl sites for hydroxylation is 1. The Labute approximate surface area is 168 Å². The number of hydrogen-bond acceptors (Lipinski definition) is 6. The van der Waals surface area contributed by atoms with Gasteiger partial charge in [0.25, 0.3) is 0 Å². The van der Waals surface area contributed by atoms with Crippen molar-refractivity contribution < 1.29 is 12.8 Å². The normalized spacial score (nSPS) is 22.5. The summed E-state index contributed by atoms with van der Waals surface area (Å²) in [6, 6.07) is 9.05. The number of benzene rings is 1. The van der Waals surface area contributed by atoms with Gasteiger partial charge in [0.1, 0.15) is 11.6 Å². The van der Waals surface area contributed by atoms with Crippen LogP contribution in [0.3, 0.4) is 0 Å². The van der Waals surface area contributed by atoms with Crippen LogP contribution < -0.4 is 4.90 Å². The third-order valence-electron chi connectivity index (χ3n) is 5.84. The Morgan fingerprint density at radius 2 is 1.83 bits per heavy atom. The van der Waals surface area contributed by atoms with Crippen LogP contribution in [0.25, 0.3) is 5.65 Å². The fourth-order valence-electron chi connectivity index (χ4n) is 4.32. The van der Waals surface area contributed by atoms with Crippen molar-refractivity contribution in [1.29, 1.82) is 0 Å². The molecule has 2 fully saturated rings. The molecule has 0 saturated carbocycles. The molecule has 2 aromatic heterocycles. The molecule has 3 aromatic rings. The van der Waals surface area contributed by atoms with Crippen LogP contribution in [0.1, 0.15) is 12.7 Å². The van der Waals surface area contributed by atoms with Crippen LogP contribution in [0, 0.1) is 17.7 Å². The van der Waals surface area contributed by atoms with Crippen molar-refractivity contribution in [2.75, 3.05) is 31.1 Å². The lowest BCUT2D eigenvalue weighted by Gasteiger charge is -2.22. The number of hydrogen-bond donors (Lipinski definition) is 0. The second-order valence-electron chi connectivity index (χ2n) is 7.64. The third kappa shape index (κ3) is 3.06. The molecule has 29 heavy (non-hydrogen) atoms. The van der Waals surface area contributed by atoms with Gasteiger partial charge in [0.15, 0.2) is 11.5 Å². The molecule has 10 heteroatoms. The summed E-state index contributed by atoms with van der Waals surface area (Å²) in [7, 11) is -3.68. The van der Waals surface area contributed by atoms with Crippen LogP contribution >= 0.6 is 0 Å². The molecular formula is C19H21FN6O2S. The van der Waals surface area contributed by atoms with Gasteiger partial charge in [0.05, 0.1) is 4.90 Å². The van der Waals surface area contributed by atoms with Crippen molar-refractivity contribution >= 4 is 21.5 Å². The van der Waals surface area contributed by atoms with Gasteiger partial charge in [-0.2, -0.15) is 8.82 Å². The van der Waals surface area contributed by atoms with Gasteiger partial charge in [-0.15, -0.1) is 15.3 Å². The van der Waals surface area contributed by atoms with Crippen LogP contribution in [0.5, 0.6) is 0 Å². The van der Waals surface area contributed by atoms with E-state index in [2.05, 4.69) is 20.2 Å². The summed E-state index contributed by atoms with van der Waals surface area (Å²) in [4.78, 5) is 2.21. The maximum Gasteiger partial charge on any atom is 0.243 e. The van der Waals surface area contributed by atoms with Crippen molar-refractivity contribution in [1.82, 2.24) is 24.1 Å². The van der Waals surface area contributed by atoms with Crippen molar-refractivity contribution in [2.45, 2.75) is 18.2 Å². The molecule has 8 nitrogen and oxygen atoms in total. The minimum Gasteiger partial charge on any atom is -0.355 e. The van der Waals surface area contributed by atoms with Crippen LogP contribution in [-0.4, -0.2) is 58.7 Å². The van der Waals surface area contributed by atoms with Gasteiger partial charge in [0, 0.05) is 32.6 Å². The predicted octanol–water partition coefficient (Wildman–Crippen LogP) is 1.58. The summed E-state index contributed by atoms with van der Waals surface area (Å²) in [6.07, 6.45) is 0.746. The number of halogens is 1. The van der Waals surface area contributed by atoms with E-state index < -0.39 is 15.8 Å². The Morgan fingerprint density at radius 3 is 2.52 bits per heavy atom. The molecule has 1 aromatic carbocycles. The van der Waals surface area contributed by atoms with E-state index in [-0.39, 0.29) is 16.7 Å². The lowest BCUT2D eigenvalue weighted by Crippen LogP contribution is -2.33. The zero-order valence-electron chi connectivity index (χ0n) is 15.9. The third-order valence-corrected chi connectivity index (χ3v) is 7.67. The highest BCUT2D eigenvalue weighted by atomic mass is 32.2. The van der Waals surface area contributed by atoms with E-state index in [0.29, 0.717) is 13.1 Å². The van der Waals surface area contributed by atoms with E-state index in [4.69, 9.17) is 0 Å². The number of anilines is 1. The summed E-state index contributed by atoms with van der Waals surface area (Å²) in [6.45, 7) is 4.37. The molecule has 0 amide bonds. The monoisotopic (exact) mass is 416 g/mol. The van der Waals surface area contributed by atoms with Gasteiger partial charge in [0.2, 0.25) is 10.0 Å². The molecule has 0 spiro atoms.